The van der Waals surface area contributed by atoms with E-state index in [-0.39, 0.29) is 5.56 Å². The normalized spacial score (nSPS) is 10.4. The Morgan fingerprint density at radius 1 is 1.14 bits per heavy atom. The number of rotatable bonds is 2. The van der Waals surface area contributed by atoms with Crippen molar-refractivity contribution in [1.82, 2.24) is 10.2 Å². The van der Waals surface area contributed by atoms with Crippen molar-refractivity contribution in [1.29, 1.82) is 0 Å². The van der Waals surface area contributed by atoms with Crippen LogP contribution in [0.2, 0.25) is 0 Å². The first-order valence-electron chi connectivity index (χ1n) is 4.25. The molecule has 0 atom stereocenters. The molecular weight excluding hydrogens is 291 g/mol. The zero-order valence-electron chi connectivity index (χ0n) is 7.38. The quantitative estimate of drug-likeness (QED) is 0.818. The molecule has 0 saturated carbocycles. The first kappa shape index (κ1) is 9.51. The summed E-state index contributed by atoms with van der Waals surface area (Å²) in [6.45, 7) is 0. The van der Waals surface area contributed by atoms with Crippen LogP contribution in [0, 0.1) is 3.57 Å². The maximum absolute atomic E-state index is 10.8. The second-order valence-corrected chi connectivity index (χ2v) is 4.33. The Hall–Kier alpha value is -1.04. The molecule has 0 fully saturated rings. The van der Waals surface area contributed by atoms with Gasteiger partial charge in [0.15, 0.2) is 0 Å². The first-order chi connectivity index (χ1) is 6.74. The molecule has 1 heterocycles. The van der Waals surface area contributed by atoms with E-state index in [2.05, 4.69) is 57.1 Å². The predicted molar refractivity (Wildman–Crippen MR) is 63.4 cm³/mol. The lowest BCUT2D eigenvalue weighted by Crippen LogP contribution is -1.93. The lowest BCUT2D eigenvalue weighted by Gasteiger charge is -1.98. The van der Waals surface area contributed by atoms with Gasteiger partial charge in [-0.2, -0.15) is 0 Å². The van der Waals surface area contributed by atoms with Crippen LogP contribution in [-0.4, -0.2) is 10.2 Å². The van der Waals surface area contributed by atoms with Gasteiger partial charge in [-0.3, -0.25) is 9.89 Å². The van der Waals surface area contributed by atoms with Gasteiger partial charge in [0.05, 0.1) is 0 Å². The highest BCUT2D eigenvalue weighted by molar-refractivity contribution is 14.1. The van der Waals surface area contributed by atoms with E-state index in [0.29, 0.717) is 0 Å². The summed E-state index contributed by atoms with van der Waals surface area (Å²) in [6, 6.07) is 9.82. The summed E-state index contributed by atoms with van der Waals surface area (Å²) in [5.74, 6) is 0. The summed E-state index contributed by atoms with van der Waals surface area (Å²) in [6.07, 6.45) is 0.760. The molecular formula is C10H9IN2O. The number of hydrogen-bond acceptors (Lipinski definition) is 1. The Balaban J connectivity index is 2.19. The van der Waals surface area contributed by atoms with Crippen LogP contribution in [0.1, 0.15) is 11.3 Å². The van der Waals surface area contributed by atoms with Crippen LogP contribution in [0.15, 0.2) is 35.1 Å². The molecule has 0 spiro atoms. The molecule has 0 aliphatic rings. The summed E-state index contributed by atoms with van der Waals surface area (Å²) in [4.78, 5) is 10.8. The second kappa shape index (κ2) is 4.00. The monoisotopic (exact) mass is 300 g/mol. The van der Waals surface area contributed by atoms with Crippen LogP contribution in [0.25, 0.3) is 0 Å². The van der Waals surface area contributed by atoms with Crippen molar-refractivity contribution in [3.8, 4) is 0 Å². The van der Waals surface area contributed by atoms with E-state index < -0.39 is 0 Å². The van der Waals surface area contributed by atoms with Gasteiger partial charge in [0.25, 0.3) is 5.56 Å². The van der Waals surface area contributed by atoms with Crippen LogP contribution >= 0.6 is 22.6 Å². The molecule has 0 aliphatic carbocycles. The van der Waals surface area contributed by atoms with Gasteiger partial charge in [-0.25, -0.2) is 0 Å². The molecule has 0 aliphatic heterocycles. The Bertz CT molecular complexity index is 469. The van der Waals surface area contributed by atoms with E-state index in [4.69, 9.17) is 0 Å². The van der Waals surface area contributed by atoms with Crippen molar-refractivity contribution in [3.63, 3.8) is 0 Å². The van der Waals surface area contributed by atoms with Crippen molar-refractivity contribution < 1.29 is 0 Å². The van der Waals surface area contributed by atoms with Crippen molar-refractivity contribution in [3.05, 3.63) is 55.5 Å². The van der Waals surface area contributed by atoms with E-state index in [0.717, 1.165) is 12.1 Å². The standard InChI is InChI=1S/C10H9IN2O/c11-8-3-1-7(2-4-8)5-9-6-10(14)13-12-9/h1-4,6H,5H2,(H2,12,13,14). The summed E-state index contributed by atoms with van der Waals surface area (Å²) < 4.78 is 1.22. The molecule has 0 bridgehead atoms. The third kappa shape index (κ3) is 2.25. The van der Waals surface area contributed by atoms with Gasteiger partial charge in [0.2, 0.25) is 0 Å². The van der Waals surface area contributed by atoms with Crippen molar-refractivity contribution in [2.75, 3.05) is 0 Å². The highest BCUT2D eigenvalue weighted by atomic mass is 127. The maximum atomic E-state index is 10.8. The Labute approximate surface area is 94.7 Å². The third-order valence-electron chi connectivity index (χ3n) is 1.96. The molecule has 0 radical (unpaired) electrons. The van der Waals surface area contributed by atoms with Crippen molar-refractivity contribution >= 4 is 22.6 Å². The molecule has 4 heteroatoms. The molecule has 2 aromatic rings. The van der Waals surface area contributed by atoms with Crippen LogP contribution in [0.3, 0.4) is 0 Å². The lowest BCUT2D eigenvalue weighted by atomic mass is 10.1. The number of nitrogens with one attached hydrogen (secondary N) is 2. The summed E-state index contributed by atoms with van der Waals surface area (Å²) in [5, 5.41) is 5.35. The predicted octanol–water partition coefficient (Wildman–Crippen LogP) is 1.90. The molecule has 2 rings (SSSR count). The van der Waals surface area contributed by atoms with Crippen molar-refractivity contribution in [2.24, 2.45) is 0 Å². The van der Waals surface area contributed by atoms with E-state index in [1.165, 1.54) is 9.13 Å². The minimum Gasteiger partial charge on any atom is -0.302 e. The minimum atomic E-state index is -0.0782. The van der Waals surface area contributed by atoms with Gasteiger partial charge >= 0.3 is 0 Å². The second-order valence-electron chi connectivity index (χ2n) is 3.09. The summed E-state index contributed by atoms with van der Waals surface area (Å²) in [5.41, 5.74) is 2.03. The van der Waals surface area contributed by atoms with Gasteiger partial charge in [-0.1, -0.05) is 12.1 Å². The fourth-order valence-electron chi connectivity index (χ4n) is 1.29. The smallest absolute Gasteiger partial charge is 0.264 e. The molecule has 14 heavy (non-hydrogen) atoms. The van der Waals surface area contributed by atoms with Gasteiger partial charge in [-0.15, -0.1) is 0 Å². The number of benzene rings is 1. The molecule has 72 valence electrons. The highest BCUT2D eigenvalue weighted by Crippen LogP contribution is 2.09. The zero-order chi connectivity index (χ0) is 9.97. The van der Waals surface area contributed by atoms with E-state index in [1.54, 1.807) is 6.07 Å². The Kier molecular flexibility index (Phi) is 2.72. The molecule has 1 aromatic heterocycles. The van der Waals surface area contributed by atoms with Gasteiger partial charge in [-0.05, 0) is 40.3 Å². The van der Waals surface area contributed by atoms with Crippen LogP contribution in [0.5, 0.6) is 0 Å². The lowest BCUT2D eigenvalue weighted by molar-refractivity contribution is 0.983. The van der Waals surface area contributed by atoms with E-state index in [1.807, 2.05) is 0 Å². The summed E-state index contributed by atoms with van der Waals surface area (Å²) >= 11 is 2.27. The Morgan fingerprint density at radius 3 is 2.43 bits per heavy atom. The van der Waals surface area contributed by atoms with Gasteiger partial charge in [0, 0.05) is 21.8 Å². The molecule has 0 unspecified atom stereocenters. The highest BCUT2D eigenvalue weighted by Gasteiger charge is 1.98. The fourth-order valence-corrected chi connectivity index (χ4v) is 1.65. The average Bonchev–Trinajstić information content (AvgIpc) is 2.56. The van der Waals surface area contributed by atoms with Crippen LogP contribution in [0.4, 0.5) is 0 Å². The first-order valence-corrected chi connectivity index (χ1v) is 5.33. The number of hydrogen-bond donors (Lipinski definition) is 2. The number of halogens is 1. The van der Waals surface area contributed by atoms with E-state index >= 15 is 0 Å². The minimum absolute atomic E-state index is 0.0782. The zero-order valence-corrected chi connectivity index (χ0v) is 9.54. The third-order valence-corrected chi connectivity index (χ3v) is 2.68. The topological polar surface area (TPSA) is 48.6 Å². The maximum Gasteiger partial charge on any atom is 0.264 e. The van der Waals surface area contributed by atoms with Crippen molar-refractivity contribution in [2.45, 2.75) is 6.42 Å². The van der Waals surface area contributed by atoms with Crippen LogP contribution in [-0.2, 0) is 6.42 Å². The SMILES string of the molecule is O=c1cc(Cc2ccc(I)cc2)[nH][nH]1. The van der Waals surface area contributed by atoms with Gasteiger partial charge in [0.1, 0.15) is 0 Å². The van der Waals surface area contributed by atoms with Crippen LogP contribution < -0.4 is 5.56 Å². The van der Waals surface area contributed by atoms with E-state index in [9.17, 15) is 4.79 Å². The number of aromatic amines is 2. The summed E-state index contributed by atoms with van der Waals surface area (Å²) in [7, 11) is 0. The molecule has 2 N–H and O–H groups in total. The largest absolute Gasteiger partial charge is 0.302 e. The molecule has 3 nitrogen and oxygen atoms in total. The molecule has 1 aromatic carbocycles. The molecule has 0 amide bonds. The Morgan fingerprint density at radius 2 is 1.86 bits per heavy atom. The average molecular weight is 300 g/mol. The fraction of sp³-hybridized carbons (Fsp3) is 0.100. The van der Waals surface area contributed by atoms with Gasteiger partial charge < -0.3 is 5.10 Å². The number of H-pyrrole nitrogens is 2. The molecule has 0 saturated heterocycles. The number of aromatic nitrogens is 2.